The van der Waals surface area contributed by atoms with Crippen molar-refractivity contribution in [3.63, 3.8) is 0 Å². The van der Waals surface area contributed by atoms with Gasteiger partial charge >= 0.3 is 0 Å². The summed E-state index contributed by atoms with van der Waals surface area (Å²) in [6.07, 6.45) is 0.531. The van der Waals surface area contributed by atoms with E-state index < -0.39 is 0 Å². The third-order valence-electron chi connectivity index (χ3n) is 4.31. The SMILES string of the molecule is COc1ccc(N2C(=O)CC(c3ccc(Cl)cc3)CC2=O)cc1OC. The number of carbonyl (C=O) groups is 2. The van der Waals surface area contributed by atoms with Crippen molar-refractivity contribution in [1.29, 1.82) is 0 Å². The zero-order valence-electron chi connectivity index (χ0n) is 14.0. The van der Waals surface area contributed by atoms with Crippen molar-refractivity contribution in [2.45, 2.75) is 18.8 Å². The summed E-state index contributed by atoms with van der Waals surface area (Å²) < 4.78 is 10.4. The van der Waals surface area contributed by atoms with Gasteiger partial charge in [-0.3, -0.25) is 14.5 Å². The molecule has 25 heavy (non-hydrogen) atoms. The van der Waals surface area contributed by atoms with E-state index in [1.807, 2.05) is 12.1 Å². The molecule has 2 aromatic carbocycles. The summed E-state index contributed by atoms with van der Waals surface area (Å²) in [5.41, 5.74) is 1.43. The van der Waals surface area contributed by atoms with Gasteiger partial charge in [-0.1, -0.05) is 23.7 Å². The Bertz CT molecular complexity index is 786. The lowest BCUT2D eigenvalue weighted by atomic mass is 9.88. The van der Waals surface area contributed by atoms with Gasteiger partial charge in [0.15, 0.2) is 11.5 Å². The number of anilines is 1. The monoisotopic (exact) mass is 359 g/mol. The predicted octanol–water partition coefficient (Wildman–Crippen LogP) is 3.79. The summed E-state index contributed by atoms with van der Waals surface area (Å²) >= 11 is 5.90. The first kappa shape index (κ1) is 17.3. The van der Waals surface area contributed by atoms with Gasteiger partial charge in [0.2, 0.25) is 11.8 Å². The van der Waals surface area contributed by atoms with Crippen molar-refractivity contribution in [3.8, 4) is 11.5 Å². The molecule has 1 saturated heterocycles. The Morgan fingerprint density at radius 1 is 0.920 bits per heavy atom. The molecule has 0 atom stereocenters. The van der Waals surface area contributed by atoms with E-state index in [-0.39, 0.29) is 30.6 Å². The number of carbonyl (C=O) groups excluding carboxylic acids is 2. The molecule has 0 unspecified atom stereocenters. The van der Waals surface area contributed by atoms with Gasteiger partial charge in [0, 0.05) is 29.8 Å². The molecule has 5 nitrogen and oxygen atoms in total. The van der Waals surface area contributed by atoms with Crippen LogP contribution in [0.3, 0.4) is 0 Å². The number of amides is 2. The Morgan fingerprint density at radius 3 is 2.08 bits per heavy atom. The van der Waals surface area contributed by atoms with Crippen molar-refractivity contribution in [2.75, 3.05) is 19.1 Å². The van der Waals surface area contributed by atoms with Gasteiger partial charge in [-0.05, 0) is 29.8 Å². The molecule has 0 aromatic heterocycles. The first-order valence-corrected chi connectivity index (χ1v) is 8.24. The summed E-state index contributed by atoms with van der Waals surface area (Å²) in [5.74, 6) is 0.420. The van der Waals surface area contributed by atoms with Gasteiger partial charge < -0.3 is 9.47 Å². The molecule has 1 aliphatic heterocycles. The maximum atomic E-state index is 12.6. The fraction of sp³-hybridized carbons (Fsp3) is 0.263. The lowest BCUT2D eigenvalue weighted by molar-refractivity contribution is -0.129. The molecule has 6 heteroatoms. The summed E-state index contributed by atoms with van der Waals surface area (Å²) in [6.45, 7) is 0. The van der Waals surface area contributed by atoms with Crippen molar-refractivity contribution in [1.82, 2.24) is 0 Å². The summed E-state index contributed by atoms with van der Waals surface area (Å²) in [6, 6.07) is 12.3. The topological polar surface area (TPSA) is 55.8 Å². The van der Waals surface area contributed by atoms with Crippen LogP contribution in [0.25, 0.3) is 0 Å². The molecular weight excluding hydrogens is 342 g/mol. The Labute approximate surface area is 151 Å². The van der Waals surface area contributed by atoms with Gasteiger partial charge in [0.05, 0.1) is 19.9 Å². The number of halogens is 1. The molecule has 0 saturated carbocycles. The highest BCUT2D eigenvalue weighted by Gasteiger charge is 2.34. The number of methoxy groups -OCH3 is 2. The normalized spacial score (nSPS) is 15.4. The quantitative estimate of drug-likeness (QED) is 0.779. The molecule has 3 rings (SSSR count). The van der Waals surface area contributed by atoms with E-state index >= 15 is 0 Å². The van der Waals surface area contributed by atoms with Gasteiger partial charge in [-0.25, -0.2) is 0 Å². The van der Waals surface area contributed by atoms with E-state index in [1.54, 1.807) is 30.3 Å². The van der Waals surface area contributed by atoms with E-state index in [1.165, 1.54) is 19.1 Å². The van der Waals surface area contributed by atoms with Crippen LogP contribution >= 0.6 is 11.6 Å². The van der Waals surface area contributed by atoms with Crippen molar-refractivity contribution < 1.29 is 19.1 Å². The van der Waals surface area contributed by atoms with Crippen LogP contribution in [0.1, 0.15) is 24.3 Å². The first-order valence-electron chi connectivity index (χ1n) is 7.86. The number of piperidine rings is 1. The van der Waals surface area contributed by atoms with Gasteiger partial charge in [-0.2, -0.15) is 0 Å². The van der Waals surface area contributed by atoms with Crippen LogP contribution in [0.2, 0.25) is 5.02 Å². The van der Waals surface area contributed by atoms with Crippen LogP contribution in [-0.2, 0) is 9.59 Å². The van der Waals surface area contributed by atoms with E-state index in [0.717, 1.165) is 5.56 Å². The van der Waals surface area contributed by atoms with Crippen molar-refractivity contribution in [2.24, 2.45) is 0 Å². The second-order valence-electron chi connectivity index (χ2n) is 5.82. The second kappa shape index (κ2) is 7.15. The average molecular weight is 360 g/mol. The van der Waals surface area contributed by atoms with Gasteiger partial charge in [0.25, 0.3) is 0 Å². The number of hydrogen-bond donors (Lipinski definition) is 0. The molecule has 0 radical (unpaired) electrons. The Morgan fingerprint density at radius 2 is 1.52 bits per heavy atom. The second-order valence-corrected chi connectivity index (χ2v) is 6.26. The fourth-order valence-electron chi connectivity index (χ4n) is 3.04. The van der Waals surface area contributed by atoms with Crippen LogP contribution < -0.4 is 14.4 Å². The van der Waals surface area contributed by atoms with Gasteiger partial charge in [0.1, 0.15) is 0 Å². The van der Waals surface area contributed by atoms with Crippen LogP contribution in [0.15, 0.2) is 42.5 Å². The fourth-order valence-corrected chi connectivity index (χ4v) is 3.16. The largest absolute Gasteiger partial charge is 0.493 e. The number of benzene rings is 2. The molecule has 1 aliphatic rings. The van der Waals surface area contributed by atoms with Crippen LogP contribution in [0.4, 0.5) is 5.69 Å². The standard InChI is InChI=1S/C19H18ClNO4/c1-24-16-8-7-15(11-17(16)25-2)21-18(22)9-13(10-19(21)23)12-3-5-14(20)6-4-12/h3-8,11,13H,9-10H2,1-2H3. The lowest BCUT2D eigenvalue weighted by Gasteiger charge is -2.30. The van der Waals surface area contributed by atoms with Gasteiger partial charge in [-0.15, -0.1) is 0 Å². The Kier molecular flexibility index (Phi) is 4.95. The molecule has 2 aromatic rings. The first-order chi connectivity index (χ1) is 12.0. The molecule has 130 valence electrons. The van der Waals surface area contributed by atoms with Crippen molar-refractivity contribution >= 4 is 29.1 Å². The minimum absolute atomic E-state index is 0.131. The third kappa shape index (κ3) is 3.46. The maximum Gasteiger partial charge on any atom is 0.234 e. The number of rotatable bonds is 4. The van der Waals surface area contributed by atoms with E-state index in [2.05, 4.69) is 0 Å². The molecule has 0 bridgehead atoms. The molecule has 1 fully saturated rings. The number of ether oxygens (including phenoxy) is 2. The molecular formula is C19H18ClNO4. The number of hydrogen-bond acceptors (Lipinski definition) is 4. The molecule has 0 spiro atoms. The highest BCUT2D eigenvalue weighted by molar-refractivity contribution is 6.30. The molecule has 0 aliphatic carbocycles. The van der Waals surface area contributed by atoms with E-state index in [9.17, 15) is 9.59 Å². The highest BCUT2D eigenvalue weighted by atomic mass is 35.5. The van der Waals surface area contributed by atoms with E-state index in [0.29, 0.717) is 22.2 Å². The summed E-state index contributed by atoms with van der Waals surface area (Å²) in [4.78, 5) is 26.5. The third-order valence-corrected chi connectivity index (χ3v) is 4.56. The lowest BCUT2D eigenvalue weighted by Crippen LogP contribution is -2.42. The molecule has 1 heterocycles. The average Bonchev–Trinajstić information content (AvgIpc) is 2.61. The Hall–Kier alpha value is -2.53. The van der Waals surface area contributed by atoms with Crippen molar-refractivity contribution in [3.05, 3.63) is 53.1 Å². The number of imide groups is 1. The zero-order valence-corrected chi connectivity index (χ0v) is 14.7. The summed E-state index contributed by atoms with van der Waals surface area (Å²) in [5, 5.41) is 0.629. The van der Waals surface area contributed by atoms with Crippen LogP contribution in [0.5, 0.6) is 11.5 Å². The minimum atomic E-state index is -0.233. The molecule has 2 amide bonds. The predicted molar refractivity (Wildman–Crippen MR) is 95.5 cm³/mol. The van der Waals surface area contributed by atoms with Crippen LogP contribution in [-0.4, -0.2) is 26.0 Å². The zero-order chi connectivity index (χ0) is 18.0. The smallest absolute Gasteiger partial charge is 0.234 e. The van der Waals surface area contributed by atoms with E-state index in [4.69, 9.17) is 21.1 Å². The molecule has 0 N–H and O–H groups in total. The number of nitrogens with zero attached hydrogens (tertiary/aromatic N) is 1. The van der Waals surface area contributed by atoms with Crippen LogP contribution in [0, 0.1) is 0 Å². The highest BCUT2D eigenvalue weighted by Crippen LogP contribution is 2.36. The Balaban J connectivity index is 1.85. The maximum absolute atomic E-state index is 12.6. The minimum Gasteiger partial charge on any atom is -0.493 e. The summed E-state index contributed by atoms with van der Waals surface area (Å²) in [7, 11) is 3.05.